The molecule has 0 radical (unpaired) electrons. The highest BCUT2D eigenvalue weighted by Gasteiger charge is 2.58. The van der Waals surface area contributed by atoms with Crippen LogP contribution in [0.2, 0.25) is 39.3 Å². The van der Waals surface area contributed by atoms with Crippen LogP contribution in [0.15, 0.2) is 0 Å². The van der Waals surface area contributed by atoms with Gasteiger partial charge in [0.1, 0.15) is 0 Å². The fourth-order valence-electron chi connectivity index (χ4n) is 5.05. The van der Waals surface area contributed by atoms with Crippen LogP contribution in [0.1, 0.15) is 64.2 Å². The van der Waals surface area contributed by atoms with E-state index in [4.69, 9.17) is 8.23 Å². The average Bonchev–Trinajstić information content (AvgIpc) is 2.61. The van der Waals surface area contributed by atoms with Crippen molar-refractivity contribution in [1.29, 1.82) is 0 Å². The minimum Gasteiger partial charge on any atom is -0.429 e. The van der Waals surface area contributed by atoms with Crippen LogP contribution in [0, 0.1) is 0 Å². The second-order valence-electron chi connectivity index (χ2n) is 10.2. The lowest BCUT2D eigenvalue weighted by Crippen LogP contribution is -2.53. The minimum atomic E-state index is -3.98. The van der Waals surface area contributed by atoms with Crippen molar-refractivity contribution in [3.05, 3.63) is 0 Å². The van der Waals surface area contributed by atoms with Crippen molar-refractivity contribution in [1.82, 2.24) is 0 Å². The highest BCUT2D eigenvalue weighted by molar-refractivity contribution is 7.96. The number of hydrogen-bond donors (Lipinski definition) is 0. The molecule has 4 nitrogen and oxygen atoms in total. The van der Waals surface area contributed by atoms with Crippen molar-refractivity contribution in [2.24, 2.45) is 0 Å². The Hall–Kier alpha value is 0.891. The van der Waals surface area contributed by atoms with Crippen molar-refractivity contribution in [2.75, 3.05) is 0 Å². The SMILES string of the molecule is C[Si](C)(O[Si](C)(C)P(=O)(F)C1CCCCC1)O[Si](C)(C)P(=O)(F)C1CCCCC1. The van der Waals surface area contributed by atoms with Crippen molar-refractivity contribution in [3.63, 3.8) is 0 Å². The molecule has 2 rings (SSSR count). The quantitative estimate of drug-likeness (QED) is 0.246. The Morgan fingerprint density at radius 2 is 0.897 bits per heavy atom. The molecule has 0 aromatic heterocycles. The van der Waals surface area contributed by atoms with Gasteiger partial charge in [-0.1, -0.05) is 38.5 Å². The van der Waals surface area contributed by atoms with Crippen molar-refractivity contribution in [2.45, 2.75) is 115 Å². The first-order chi connectivity index (χ1) is 13.1. The fraction of sp³-hybridized carbons (Fsp3) is 1.00. The summed E-state index contributed by atoms with van der Waals surface area (Å²) in [5.74, 6) is 0. The molecule has 0 aromatic carbocycles. The fourth-order valence-corrected chi connectivity index (χ4v) is 33.1. The summed E-state index contributed by atoms with van der Waals surface area (Å²) >= 11 is 0. The summed E-state index contributed by atoms with van der Waals surface area (Å²) in [6, 6.07) is 0. The van der Waals surface area contributed by atoms with Gasteiger partial charge in [-0.05, 0) is 65.0 Å². The van der Waals surface area contributed by atoms with Crippen LogP contribution in [0.3, 0.4) is 0 Å². The molecule has 0 aliphatic heterocycles. The van der Waals surface area contributed by atoms with E-state index < -0.39 is 49.8 Å². The van der Waals surface area contributed by atoms with Gasteiger partial charge in [-0.3, -0.25) is 9.13 Å². The van der Waals surface area contributed by atoms with E-state index >= 15 is 8.39 Å². The molecule has 2 saturated carbocycles. The van der Waals surface area contributed by atoms with Crippen molar-refractivity contribution in [3.8, 4) is 0 Å². The molecule has 0 saturated heterocycles. The molecular formula is C18H40F2O4P2Si3. The largest absolute Gasteiger partial charge is 0.429 e. The molecule has 0 bridgehead atoms. The second-order valence-corrected chi connectivity index (χ2v) is 34.3. The molecule has 2 aliphatic carbocycles. The van der Waals surface area contributed by atoms with Crippen LogP contribution in [-0.4, -0.2) is 35.8 Å². The van der Waals surface area contributed by atoms with Gasteiger partial charge in [0.2, 0.25) is 0 Å². The summed E-state index contributed by atoms with van der Waals surface area (Å²) in [7, 11) is -17.4. The maximum absolute atomic E-state index is 15.6. The van der Waals surface area contributed by atoms with Gasteiger partial charge >= 0.3 is 8.56 Å². The van der Waals surface area contributed by atoms with Gasteiger partial charge in [-0.25, -0.2) is 0 Å². The van der Waals surface area contributed by atoms with Gasteiger partial charge in [-0.2, -0.15) is 8.39 Å². The first kappa shape index (κ1) is 26.1. The van der Waals surface area contributed by atoms with Crippen LogP contribution >= 0.6 is 14.0 Å². The third-order valence-electron chi connectivity index (χ3n) is 6.55. The molecule has 0 heterocycles. The van der Waals surface area contributed by atoms with Gasteiger partial charge in [-0.15, -0.1) is 0 Å². The maximum Gasteiger partial charge on any atom is 0.311 e. The van der Waals surface area contributed by atoms with E-state index in [0.717, 1.165) is 38.5 Å². The third-order valence-corrected chi connectivity index (χ3v) is 33.0. The normalized spacial score (nSPS) is 25.4. The van der Waals surface area contributed by atoms with Gasteiger partial charge in [0.15, 0.2) is 0 Å². The molecule has 11 heteroatoms. The van der Waals surface area contributed by atoms with E-state index in [1.807, 2.05) is 0 Å². The van der Waals surface area contributed by atoms with Crippen LogP contribution in [0.25, 0.3) is 0 Å². The second kappa shape index (κ2) is 9.40. The van der Waals surface area contributed by atoms with E-state index in [1.165, 1.54) is 0 Å². The van der Waals surface area contributed by atoms with Crippen molar-refractivity contribution < 1.29 is 25.8 Å². The Morgan fingerprint density at radius 3 is 1.17 bits per heavy atom. The van der Waals surface area contributed by atoms with Gasteiger partial charge < -0.3 is 8.23 Å². The van der Waals surface area contributed by atoms with Gasteiger partial charge in [0.25, 0.3) is 30.0 Å². The van der Waals surface area contributed by atoms with E-state index in [2.05, 4.69) is 0 Å². The molecule has 0 aromatic rings. The molecule has 2 fully saturated rings. The summed E-state index contributed by atoms with van der Waals surface area (Å²) in [5.41, 5.74) is -0.829. The molecule has 2 aliphatic rings. The Kier molecular flexibility index (Phi) is 8.48. The lowest BCUT2D eigenvalue weighted by atomic mass is 10.0. The predicted molar refractivity (Wildman–Crippen MR) is 126 cm³/mol. The van der Waals surface area contributed by atoms with Crippen LogP contribution in [0.5, 0.6) is 0 Å². The summed E-state index contributed by atoms with van der Waals surface area (Å²) in [4.78, 5) is 0. The molecular weight excluding hydrogens is 464 g/mol. The summed E-state index contributed by atoms with van der Waals surface area (Å²) in [6.45, 7) is 10.2. The highest BCUT2D eigenvalue weighted by Crippen LogP contribution is 2.66. The highest BCUT2D eigenvalue weighted by atomic mass is 31.5. The third kappa shape index (κ3) is 6.02. The van der Waals surface area contributed by atoms with E-state index in [0.29, 0.717) is 25.7 Å². The smallest absolute Gasteiger partial charge is 0.311 e. The number of hydrogen-bond acceptors (Lipinski definition) is 4. The zero-order chi connectivity index (χ0) is 22.1. The first-order valence-electron chi connectivity index (χ1n) is 11.1. The zero-order valence-corrected chi connectivity index (χ0v) is 23.8. The summed E-state index contributed by atoms with van der Waals surface area (Å²) in [6.07, 6.45) is 8.37. The molecule has 0 amide bonds. The maximum atomic E-state index is 15.6. The molecule has 2 unspecified atom stereocenters. The molecule has 2 atom stereocenters. The van der Waals surface area contributed by atoms with Crippen molar-refractivity contribution >= 4 is 38.5 Å². The van der Waals surface area contributed by atoms with Gasteiger partial charge in [0.05, 0.1) is 0 Å². The number of halogens is 2. The monoisotopic (exact) mass is 504 g/mol. The molecule has 0 N–H and O–H groups in total. The topological polar surface area (TPSA) is 52.6 Å². The lowest BCUT2D eigenvalue weighted by molar-refractivity contribution is 0.392. The first-order valence-corrected chi connectivity index (χ1v) is 24.8. The Bertz CT molecular complexity index is 609. The van der Waals surface area contributed by atoms with E-state index in [9.17, 15) is 9.13 Å². The minimum absolute atomic E-state index is 0.414. The standard InChI is InChI=1S/C18H40F2O4P2Si3/c1-27(2,23-28(3,4)25(19,21)17-13-9-7-10-14-17)24-29(5,6)26(20,22)18-15-11-8-12-16-18/h17-18H,7-16H2,1-6H3. The lowest BCUT2D eigenvalue weighted by Gasteiger charge is -2.42. The average molecular weight is 505 g/mol. The summed E-state index contributed by atoms with van der Waals surface area (Å²) < 4.78 is 70.0. The van der Waals surface area contributed by atoms with E-state index in [-0.39, 0.29) is 0 Å². The predicted octanol–water partition coefficient (Wildman–Crippen LogP) is 8.29. The zero-order valence-electron chi connectivity index (χ0n) is 19.0. The van der Waals surface area contributed by atoms with Crippen LogP contribution in [0.4, 0.5) is 8.39 Å². The molecule has 29 heavy (non-hydrogen) atoms. The summed E-state index contributed by atoms with van der Waals surface area (Å²) in [5, 5.41) is 0. The molecule has 0 spiro atoms. The number of rotatable bonds is 8. The van der Waals surface area contributed by atoms with E-state index in [1.54, 1.807) is 39.3 Å². The Labute approximate surface area is 179 Å². The van der Waals surface area contributed by atoms with Crippen LogP contribution in [-0.2, 0) is 17.4 Å². The Balaban J connectivity index is 2.14. The molecule has 172 valence electrons. The van der Waals surface area contributed by atoms with Crippen LogP contribution < -0.4 is 0 Å². The van der Waals surface area contributed by atoms with Gasteiger partial charge in [0, 0.05) is 11.3 Å². The Morgan fingerprint density at radius 1 is 0.621 bits per heavy atom.